The third kappa shape index (κ3) is 6.51. The lowest BCUT2D eigenvalue weighted by molar-refractivity contribution is -0.131. The Morgan fingerprint density at radius 1 is 0.938 bits per heavy atom. The Morgan fingerprint density at radius 3 is 2.19 bits per heavy atom. The molecule has 0 spiro atoms. The molecule has 2 saturated heterocycles. The highest BCUT2D eigenvalue weighted by molar-refractivity contribution is 6.31. The Kier molecular flexibility index (Phi) is 7.87. The number of carbonyl (C=O) groups is 3. The van der Waals surface area contributed by atoms with Gasteiger partial charge in [0.05, 0.1) is 12.1 Å². The molecule has 0 aliphatic carbocycles. The van der Waals surface area contributed by atoms with Gasteiger partial charge < -0.3 is 24.8 Å². The van der Waals surface area contributed by atoms with E-state index in [2.05, 4.69) is 5.32 Å². The summed E-state index contributed by atoms with van der Waals surface area (Å²) in [7, 11) is 0. The number of likely N-dealkylation sites (tertiary alicyclic amines) is 1. The minimum absolute atomic E-state index is 0.0395. The molecule has 0 radical (unpaired) electrons. The van der Waals surface area contributed by atoms with Crippen LogP contribution < -0.4 is 5.32 Å². The molecular weight excluding hydrogens is 432 g/mol. The summed E-state index contributed by atoms with van der Waals surface area (Å²) < 4.78 is 5.40. The Labute approximate surface area is 194 Å². The van der Waals surface area contributed by atoms with Crippen molar-refractivity contribution in [3.8, 4) is 0 Å². The van der Waals surface area contributed by atoms with Crippen LogP contribution in [-0.2, 0) is 9.53 Å². The number of hydrogen-bond donors (Lipinski definition) is 1. The second-order valence-electron chi connectivity index (χ2n) is 9.24. The number of rotatable bonds is 4. The summed E-state index contributed by atoms with van der Waals surface area (Å²) in [5.74, 6) is -0.132. The van der Waals surface area contributed by atoms with Crippen molar-refractivity contribution in [1.29, 1.82) is 0 Å². The number of piperazine rings is 1. The lowest BCUT2D eigenvalue weighted by atomic mass is 10.1. The van der Waals surface area contributed by atoms with Crippen molar-refractivity contribution in [3.05, 3.63) is 28.8 Å². The monoisotopic (exact) mass is 464 g/mol. The molecule has 8 nitrogen and oxygen atoms in total. The third-order valence-electron chi connectivity index (χ3n) is 5.57. The number of halogens is 1. The summed E-state index contributed by atoms with van der Waals surface area (Å²) in [5.41, 5.74) is 0.543. The van der Waals surface area contributed by atoms with Crippen molar-refractivity contribution in [2.75, 3.05) is 51.1 Å². The van der Waals surface area contributed by atoms with Gasteiger partial charge in [-0.3, -0.25) is 9.59 Å². The molecule has 3 amide bonds. The van der Waals surface area contributed by atoms with Crippen LogP contribution in [0.1, 0.15) is 50.4 Å². The summed E-state index contributed by atoms with van der Waals surface area (Å²) >= 11 is 6.15. The van der Waals surface area contributed by atoms with E-state index in [4.69, 9.17) is 16.3 Å². The van der Waals surface area contributed by atoms with E-state index in [0.29, 0.717) is 42.5 Å². The number of anilines is 1. The Balaban J connectivity index is 1.55. The predicted molar refractivity (Wildman–Crippen MR) is 124 cm³/mol. The van der Waals surface area contributed by atoms with Gasteiger partial charge in [0.2, 0.25) is 5.91 Å². The first-order valence-electron chi connectivity index (χ1n) is 11.2. The number of nitrogens with one attached hydrogen (secondary N) is 1. The highest BCUT2D eigenvalue weighted by Gasteiger charge is 2.28. The molecule has 9 heteroatoms. The van der Waals surface area contributed by atoms with E-state index in [9.17, 15) is 14.4 Å². The van der Waals surface area contributed by atoms with Crippen LogP contribution >= 0.6 is 11.6 Å². The molecule has 0 saturated carbocycles. The van der Waals surface area contributed by atoms with Crippen LogP contribution in [0.5, 0.6) is 0 Å². The fourth-order valence-corrected chi connectivity index (χ4v) is 4.04. The average molecular weight is 465 g/mol. The van der Waals surface area contributed by atoms with Crippen molar-refractivity contribution in [1.82, 2.24) is 14.7 Å². The molecular formula is C23H33ClN4O4. The Bertz CT molecular complexity index is 841. The van der Waals surface area contributed by atoms with Crippen molar-refractivity contribution in [3.63, 3.8) is 0 Å². The number of hydrogen-bond acceptors (Lipinski definition) is 5. The molecule has 1 aromatic rings. The van der Waals surface area contributed by atoms with E-state index in [1.54, 1.807) is 28.0 Å². The van der Waals surface area contributed by atoms with Crippen LogP contribution in [0.15, 0.2) is 18.2 Å². The smallest absolute Gasteiger partial charge is 0.410 e. The molecule has 32 heavy (non-hydrogen) atoms. The molecule has 2 aliphatic rings. The van der Waals surface area contributed by atoms with Gasteiger partial charge in [-0.1, -0.05) is 11.6 Å². The van der Waals surface area contributed by atoms with Crippen LogP contribution in [0.2, 0.25) is 5.02 Å². The van der Waals surface area contributed by atoms with E-state index in [1.807, 2.05) is 25.7 Å². The minimum Gasteiger partial charge on any atom is -0.444 e. The van der Waals surface area contributed by atoms with E-state index in [-0.39, 0.29) is 24.5 Å². The number of amides is 3. The van der Waals surface area contributed by atoms with Gasteiger partial charge in [-0.25, -0.2) is 4.79 Å². The Morgan fingerprint density at radius 2 is 1.56 bits per heavy atom. The molecule has 1 N–H and O–H groups in total. The minimum atomic E-state index is -0.547. The summed E-state index contributed by atoms with van der Waals surface area (Å²) in [4.78, 5) is 43.1. The first-order chi connectivity index (χ1) is 15.1. The van der Waals surface area contributed by atoms with E-state index in [0.717, 1.165) is 32.4 Å². The highest BCUT2D eigenvalue weighted by atomic mass is 35.5. The van der Waals surface area contributed by atoms with Crippen LogP contribution in [0.4, 0.5) is 10.5 Å². The number of carbonyl (C=O) groups excluding carboxylic acids is 3. The summed E-state index contributed by atoms with van der Waals surface area (Å²) in [6.45, 7) is 8.77. The van der Waals surface area contributed by atoms with Crippen molar-refractivity contribution >= 4 is 35.2 Å². The van der Waals surface area contributed by atoms with E-state index < -0.39 is 5.60 Å². The lowest BCUT2D eigenvalue weighted by Crippen LogP contribution is -2.52. The van der Waals surface area contributed by atoms with Crippen LogP contribution in [-0.4, -0.2) is 84.0 Å². The molecule has 0 atom stereocenters. The van der Waals surface area contributed by atoms with Gasteiger partial charge in [-0.15, -0.1) is 0 Å². The highest BCUT2D eigenvalue weighted by Crippen LogP contribution is 2.24. The second kappa shape index (κ2) is 10.4. The van der Waals surface area contributed by atoms with E-state index in [1.165, 1.54) is 0 Å². The molecule has 3 rings (SSSR count). The van der Waals surface area contributed by atoms with Gasteiger partial charge in [-0.2, -0.15) is 0 Å². The largest absolute Gasteiger partial charge is 0.444 e. The van der Waals surface area contributed by atoms with Crippen molar-refractivity contribution in [2.45, 2.75) is 45.6 Å². The predicted octanol–water partition coefficient (Wildman–Crippen LogP) is 3.46. The average Bonchev–Trinajstić information content (AvgIpc) is 2.76. The van der Waals surface area contributed by atoms with Gasteiger partial charge in [-0.05, 0) is 58.2 Å². The van der Waals surface area contributed by atoms with Gasteiger partial charge in [0.15, 0.2) is 0 Å². The number of benzene rings is 1. The van der Waals surface area contributed by atoms with Crippen molar-refractivity contribution < 1.29 is 19.1 Å². The van der Waals surface area contributed by atoms with Crippen molar-refractivity contribution in [2.24, 2.45) is 0 Å². The van der Waals surface area contributed by atoms with Crippen LogP contribution in [0.3, 0.4) is 0 Å². The zero-order valence-electron chi connectivity index (χ0n) is 19.2. The molecule has 176 valence electrons. The van der Waals surface area contributed by atoms with Gasteiger partial charge >= 0.3 is 6.09 Å². The normalized spacial score (nSPS) is 17.2. The summed E-state index contributed by atoms with van der Waals surface area (Å²) in [6.07, 6.45) is 2.80. The first kappa shape index (κ1) is 24.2. The Hall–Kier alpha value is -2.48. The van der Waals surface area contributed by atoms with Crippen LogP contribution in [0.25, 0.3) is 0 Å². The molecule has 2 aliphatic heterocycles. The zero-order chi connectivity index (χ0) is 23.3. The number of ether oxygens (including phenoxy) is 1. The maximum Gasteiger partial charge on any atom is 0.410 e. The SMILES string of the molecule is CC(C)(C)OC(=O)N1CCN(C(=O)CNc2cc(Cl)ccc2C(=O)N2CCCCC2)CC1. The standard InChI is InChI=1S/C23H33ClN4O4/c1-23(2,3)32-22(31)28-13-11-26(12-14-28)20(29)16-25-19-15-17(24)7-8-18(19)21(30)27-9-5-4-6-10-27/h7-8,15,25H,4-6,9-14,16H2,1-3H3. The maximum absolute atomic E-state index is 13.0. The maximum atomic E-state index is 13.0. The van der Waals surface area contributed by atoms with E-state index >= 15 is 0 Å². The van der Waals surface area contributed by atoms with Gasteiger partial charge in [0, 0.05) is 50.0 Å². The number of nitrogens with zero attached hydrogens (tertiary/aromatic N) is 3. The van der Waals surface area contributed by atoms with Gasteiger partial charge in [0.25, 0.3) is 5.91 Å². The molecule has 0 unspecified atom stereocenters. The fourth-order valence-electron chi connectivity index (χ4n) is 3.86. The summed E-state index contributed by atoms with van der Waals surface area (Å²) in [5, 5.41) is 3.61. The fraction of sp³-hybridized carbons (Fsp3) is 0.609. The molecule has 1 aromatic carbocycles. The number of piperidine rings is 1. The lowest BCUT2D eigenvalue weighted by Gasteiger charge is -2.35. The quantitative estimate of drug-likeness (QED) is 0.737. The molecule has 0 aromatic heterocycles. The first-order valence-corrected chi connectivity index (χ1v) is 11.6. The zero-order valence-corrected chi connectivity index (χ0v) is 19.9. The molecule has 2 fully saturated rings. The van der Waals surface area contributed by atoms with Gasteiger partial charge in [0.1, 0.15) is 5.60 Å². The van der Waals surface area contributed by atoms with Crippen LogP contribution in [0, 0.1) is 0 Å². The topological polar surface area (TPSA) is 82.2 Å². The molecule has 0 bridgehead atoms. The second-order valence-corrected chi connectivity index (χ2v) is 9.68. The third-order valence-corrected chi connectivity index (χ3v) is 5.80. The summed E-state index contributed by atoms with van der Waals surface area (Å²) in [6, 6.07) is 5.10. The molecule has 2 heterocycles.